The molecule has 0 radical (unpaired) electrons. The molecule has 2 atom stereocenters. The smallest absolute Gasteiger partial charge is 0.0172 e. The van der Waals surface area contributed by atoms with Gasteiger partial charge >= 0.3 is 0 Å². The van der Waals surface area contributed by atoms with E-state index in [0.717, 1.165) is 0 Å². The maximum atomic E-state index is 2.56. The van der Waals surface area contributed by atoms with Crippen molar-refractivity contribution in [2.75, 3.05) is 0 Å². The summed E-state index contributed by atoms with van der Waals surface area (Å²) in [6.45, 7) is 7.17. The first-order valence-corrected chi connectivity index (χ1v) is 9.41. The maximum Gasteiger partial charge on any atom is 0.0172 e. The molecule has 0 heterocycles. The third-order valence-electron chi connectivity index (χ3n) is 7.40. The van der Waals surface area contributed by atoms with Crippen LogP contribution in [0.15, 0.2) is 60.7 Å². The number of hydrogen-bond donors (Lipinski definition) is 0. The third kappa shape index (κ3) is 1.35. The van der Waals surface area contributed by atoms with E-state index in [1.54, 1.807) is 33.4 Å². The SMILES string of the molecule is Cc1cccc2c1C1c3c(C)cccc3C3c4ccccc4C2C31C. The van der Waals surface area contributed by atoms with Gasteiger partial charge in [-0.1, -0.05) is 67.6 Å². The van der Waals surface area contributed by atoms with E-state index in [9.17, 15) is 0 Å². The van der Waals surface area contributed by atoms with Crippen molar-refractivity contribution in [3.63, 3.8) is 0 Å². The van der Waals surface area contributed by atoms with Crippen molar-refractivity contribution in [2.45, 2.75) is 38.5 Å². The van der Waals surface area contributed by atoms with Gasteiger partial charge in [-0.15, -0.1) is 0 Å². The van der Waals surface area contributed by atoms with Gasteiger partial charge in [0.1, 0.15) is 0 Å². The third-order valence-corrected chi connectivity index (χ3v) is 7.40. The Morgan fingerprint density at radius 1 is 0.560 bits per heavy atom. The minimum atomic E-state index is 0.243. The predicted molar refractivity (Wildman–Crippen MR) is 102 cm³/mol. The Hall–Kier alpha value is -2.34. The van der Waals surface area contributed by atoms with Crippen LogP contribution in [-0.2, 0) is 0 Å². The molecule has 2 unspecified atom stereocenters. The van der Waals surface area contributed by atoms with Crippen molar-refractivity contribution >= 4 is 0 Å². The molecule has 0 heteroatoms. The first-order valence-electron chi connectivity index (χ1n) is 9.41. The van der Waals surface area contributed by atoms with Gasteiger partial charge in [0.05, 0.1) is 0 Å². The molecule has 0 saturated carbocycles. The molecule has 25 heavy (non-hydrogen) atoms. The van der Waals surface area contributed by atoms with Gasteiger partial charge in [-0.3, -0.25) is 0 Å². The summed E-state index contributed by atoms with van der Waals surface area (Å²) in [5.41, 5.74) is 12.7. The van der Waals surface area contributed by atoms with E-state index in [4.69, 9.17) is 0 Å². The molecule has 3 aliphatic rings. The molecule has 0 nitrogen and oxygen atoms in total. The molecule has 0 aromatic heterocycles. The van der Waals surface area contributed by atoms with Crippen LogP contribution in [0.2, 0.25) is 0 Å². The van der Waals surface area contributed by atoms with Gasteiger partial charge in [0.25, 0.3) is 0 Å². The molecule has 0 N–H and O–H groups in total. The average molecular weight is 322 g/mol. The van der Waals surface area contributed by atoms with Crippen LogP contribution in [0.25, 0.3) is 0 Å². The second kappa shape index (κ2) is 4.25. The van der Waals surface area contributed by atoms with Gasteiger partial charge in [0, 0.05) is 23.2 Å². The number of rotatable bonds is 0. The van der Waals surface area contributed by atoms with Crippen LogP contribution in [-0.4, -0.2) is 0 Å². The Morgan fingerprint density at radius 2 is 1.00 bits per heavy atom. The molecule has 0 spiro atoms. The standard InChI is InChI=1S/C25H22/c1-14-8-6-12-18-20(14)24-21-15(2)9-7-13-19(21)23-17-11-5-4-10-16(17)22(18)25(23,24)3/h4-13,22-24H,1-3H3. The highest BCUT2D eigenvalue weighted by molar-refractivity contribution is 5.70. The molecule has 3 aromatic carbocycles. The monoisotopic (exact) mass is 322 g/mol. The Balaban J connectivity index is 1.83. The second-order valence-electron chi connectivity index (χ2n) is 8.45. The van der Waals surface area contributed by atoms with Crippen LogP contribution in [0, 0.1) is 19.3 Å². The predicted octanol–water partition coefficient (Wildman–Crippen LogP) is 6.05. The van der Waals surface area contributed by atoms with Gasteiger partial charge in [-0.25, -0.2) is 0 Å². The fourth-order valence-electron chi connectivity index (χ4n) is 6.68. The highest BCUT2D eigenvalue weighted by atomic mass is 14.7. The highest BCUT2D eigenvalue weighted by Gasteiger charge is 2.65. The number of aryl methyl sites for hydroxylation is 2. The quantitative estimate of drug-likeness (QED) is 0.473. The molecular weight excluding hydrogens is 300 g/mol. The van der Waals surface area contributed by atoms with Crippen LogP contribution in [0.5, 0.6) is 0 Å². The molecule has 3 aromatic rings. The largest absolute Gasteiger partial charge is 0.0620 e. The van der Waals surface area contributed by atoms with Crippen molar-refractivity contribution in [2.24, 2.45) is 5.41 Å². The lowest BCUT2D eigenvalue weighted by atomic mass is 9.70. The van der Waals surface area contributed by atoms with Crippen molar-refractivity contribution in [3.05, 3.63) is 105 Å². The van der Waals surface area contributed by atoms with E-state index >= 15 is 0 Å². The lowest BCUT2D eigenvalue weighted by molar-refractivity contribution is 0.288. The van der Waals surface area contributed by atoms with E-state index in [1.807, 2.05) is 0 Å². The number of benzene rings is 3. The Morgan fingerprint density at radius 3 is 1.48 bits per heavy atom. The van der Waals surface area contributed by atoms with Crippen molar-refractivity contribution in [1.29, 1.82) is 0 Å². The summed E-state index contributed by atoms with van der Waals surface area (Å²) in [6, 6.07) is 23.1. The van der Waals surface area contributed by atoms with Gasteiger partial charge in [0.2, 0.25) is 0 Å². The summed E-state index contributed by atoms with van der Waals surface area (Å²) in [6.07, 6.45) is 0. The van der Waals surface area contributed by atoms with Crippen LogP contribution in [0.4, 0.5) is 0 Å². The fourth-order valence-corrected chi connectivity index (χ4v) is 6.68. The first kappa shape index (κ1) is 13.9. The van der Waals surface area contributed by atoms with Crippen LogP contribution < -0.4 is 0 Å². The van der Waals surface area contributed by atoms with E-state index in [2.05, 4.69) is 81.4 Å². The van der Waals surface area contributed by atoms with Crippen LogP contribution in [0.1, 0.15) is 69.2 Å². The fraction of sp³-hybridized carbons (Fsp3) is 0.280. The highest BCUT2D eigenvalue weighted by Crippen LogP contribution is 2.76. The lowest BCUT2D eigenvalue weighted by Gasteiger charge is -2.31. The summed E-state index contributed by atoms with van der Waals surface area (Å²) in [5, 5.41) is 0. The molecule has 3 aliphatic carbocycles. The molecule has 0 bridgehead atoms. The Kier molecular flexibility index (Phi) is 2.36. The average Bonchev–Trinajstić information content (AvgIpc) is 3.12. The molecule has 0 fully saturated rings. The van der Waals surface area contributed by atoms with E-state index < -0.39 is 0 Å². The number of hydrogen-bond acceptors (Lipinski definition) is 0. The normalized spacial score (nSPS) is 30.0. The molecule has 0 saturated heterocycles. The number of fused-ring (bicyclic) bond motifs is 9. The summed E-state index contributed by atoms with van der Waals surface area (Å²) in [5.74, 6) is 1.59. The molecular formula is C25H22. The minimum absolute atomic E-state index is 0.243. The van der Waals surface area contributed by atoms with Crippen molar-refractivity contribution in [1.82, 2.24) is 0 Å². The topological polar surface area (TPSA) is 0 Å². The van der Waals surface area contributed by atoms with Crippen molar-refractivity contribution in [3.8, 4) is 0 Å². The van der Waals surface area contributed by atoms with Gasteiger partial charge < -0.3 is 0 Å². The zero-order chi connectivity index (χ0) is 16.9. The summed E-state index contributed by atoms with van der Waals surface area (Å²) >= 11 is 0. The Labute approximate surface area is 149 Å². The summed E-state index contributed by atoms with van der Waals surface area (Å²) in [7, 11) is 0. The van der Waals surface area contributed by atoms with E-state index in [1.165, 1.54) is 11.1 Å². The van der Waals surface area contributed by atoms with E-state index in [0.29, 0.717) is 17.8 Å². The zero-order valence-electron chi connectivity index (χ0n) is 15.0. The van der Waals surface area contributed by atoms with Gasteiger partial charge in [-0.2, -0.15) is 0 Å². The molecule has 0 aliphatic heterocycles. The molecule has 6 rings (SSSR count). The first-order chi connectivity index (χ1) is 12.1. The van der Waals surface area contributed by atoms with Gasteiger partial charge in [0.15, 0.2) is 0 Å². The lowest BCUT2D eigenvalue weighted by Crippen LogP contribution is -2.23. The van der Waals surface area contributed by atoms with Crippen molar-refractivity contribution < 1.29 is 0 Å². The summed E-state index contributed by atoms with van der Waals surface area (Å²) < 4.78 is 0. The minimum Gasteiger partial charge on any atom is -0.0620 e. The van der Waals surface area contributed by atoms with Gasteiger partial charge in [-0.05, 0) is 58.4 Å². The zero-order valence-corrected chi connectivity index (χ0v) is 15.0. The summed E-state index contributed by atoms with van der Waals surface area (Å²) in [4.78, 5) is 0. The maximum absolute atomic E-state index is 2.56. The molecule has 0 amide bonds. The van der Waals surface area contributed by atoms with Crippen LogP contribution >= 0.6 is 0 Å². The molecule has 122 valence electrons. The van der Waals surface area contributed by atoms with E-state index in [-0.39, 0.29) is 5.41 Å². The Bertz CT molecular complexity index is 975. The second-order valence-corrected chi connectivity index (χ2v) is 8.45. The van der Waals surface area contributed by atoms with Crippen LogP contribution in [0.3, 0.4) is 0 Å².